The lowest BCUT2D eigenvalue weighted by Crippen LogP contribution is -2.50. The number of hydrogen-bond acceptors (Lipinski definition) is 3. The molecule has 4 rings (SSSR count). The molecule has 0 spiro atoms. The molecule has 0 saturated heterocycles. The summed E-state index contributed by atoms with van der Waals surface area (Å²) >= 11 is 0. The predicted octanol–water partition coefficient (Wildman–Crippen LogP) is 4.95. The number of nitrogens with zero attached hydrogens (tertiary/aromatic N) is 1. The van der Waals surface area contributed by atoms with Crippen LogP contribution in [0.2, 0.25) is 0 Å². The van der Waals surface area contributed by atoms with Gasteiger partial charge in [-0.3, -0.25) is 4.79 Å². The number of benzene rings is 3. The minimum Gasteiger partial charge on any atom is -0.325 e. The highest BCUT2D eigenvalue weighted by atomic mass is 32.2. The molecule has 0 unspecified atom stereocenters. The van der Waals surface area contributed by atoms with Crippen LogP contribution in [0.15, 0.2) is 53.4 Å². The number of amides is 1. The molecule has 1 heterocycles. The van der Waals surface area contributed by atoms with Crippen molar-refractivity contribution in [1.29, 1.82) is 0 Å². The van der Waals surface area contributed by atoms with E-state index < -0.39 is 33.6 Å². The second-order valence-corrected chi connectivity index (χ2v) is 10.6. The van der Waals surface area contributed by atoms with Crippen LogP contribution in [0.1, 0.15) is 33.4 Å². The minimum absolute atomic E-state index is 0.0280. The van der Waals surface area contributed by atoms with Crippen molar-refractivity contribution >= 4 is 21.6 Å². The van der Waals surface area contributed by atoms with E-state index in [9.17, 15) is 22.0 Å². The summed E-state index contributed by atoms with van der Waals surface area (Å²) in [5.74, 6) is -2.74. The van der Waals surface area contributed by atoms with Crippen molar-refractivity contribution in [3.05, 3.63) is 93.5 Å². The average Bonchev–Trinajstić information content (AvgIpc) is 2.79. The Hall–Kier alpha value is -3.10. The van der Waals surface area contributed by atoms with Crippen molar-refractivity contribution in [3.8, 4) is 0 Å². The van der Waals surface area contributed by atoms with Crippen molar-refractivity contribution in [2.45, 2.75) is 51.6 Å². The molecule has 1 aliphatic rings. The highest BCUT2D eigenvalue weighted by Crippen LogP contribution is 2.34. The summed E-state index contributed by atoms with van der Waals surface area (Å²) in [6.45, 7) is 7.28. The standard InChI is InChI=1S/C26H26F2N2O3S/c1-15-11-16(2)18(4)25(17(15)3)34(32,33)30-14-20-8-6-5-7-19(20)12-24(30)26(31)29-21-9-10-22(27)23(28)13-21/h5-11,13,24H,12,14H2,1-4H3,(H,29,31)/t24-/m1/s1. The number of halogens is 2. The Kier molecular flexibility index (Phi) is 6.31. The molecule has 0 fully saturated rings. The lowest BCUT2D eigenvalue weighted by molar-refractivity contribution is -0.120. The summed E-state index contributed by atoms with van der Waals surface area (Å²) in [4.78, 5) is 13.5. The zero-order valence-corrected chi connectivity index (χ0v) is 20.3. The number of aryl methyl sites for hydroxylation is 2. The predicted molar refractivity (Wildman–Crippen MR) is 127 cm³/mol. The molecule has 178 valence electrons. The van der Waals surface area contributed by atoms with Crippen LogP contribution < -0.4 is 5.32 Å². The lowest BCUT2D eigenvalue weighted by atomic mass is 9.95. The van der Waals surface area contributed by atoms with E-state index in [1.807, 2.05) is 44.2 Å². The molecule has 3 aromatic carbocycles. The lowest BCUT2D eigenvalue weighted by Gasteiger charge is -2.36. The number of nitrogens with one attached hydrogen (secondary N) is 1. The smallest absolute Gasteiger partial charge is 0.244 e. The number of anilines is 1. The average molecular weight is 485 g/mol. The molecule has 0 aromatic heterocycles. The van der Waals surface area contributed by atoms with Gasteiger partial charge in [0.15, 0.2) is 11.6 Å². The van der Waals surface area contributed by atoms with Crippen molar-refractivity contribution < 1.29 is 22.0 Å². The monoisotopic (exact) mass is 484 g/mol. The van der Waals surface area contributed by atoms with E-state index in [-0.39, 0.29) is 23.5 Å². The Bertz CT molecular complexity index is 1380. The number of hydrogen-bond donors (Lipinski definition) is 1. The quantitative estimate of drug-likeness (QED) is 0.570. The van der Waals surface area contributed by atoms with Gasteiger partial charge in [0, 0.05) is 18.3 Å². The molecule has 1 amide bonds. The van der Waals surface area contributed by atoms with Crippen LogP contribution >= 0.6 is 0 Å². The van der Waals surface area contributed by atoms with Crippen molar-refractivity contribution in [2.75, 3.05) is 5.32 Å². The summed E-state index contributed by atoms with van der Waals surface area (Å²) in [5, 5.41) is 2.56. The third kappa shape index (κ3) is 4.23. The zero-order chi connectivity index (χ0) is 24.8. The molecule has 0 radical (unpaired) electrons. The van der Waals surface area contributed by atoms with Crippen molar-refractivity contribution in [3.63, 3.8) is 0 Å². The fourth-order valence-corrected chi connectivity index (χ4v) is 6.60. The van der Waals surface area contributed by atoms with E-state index in [4.69, 9.17) is 0 Å². The molecule has 0 aliphatic carbocycles. The highest BCUT2D eigenvalue weighted by Gasteiger charge is 2.41. The number of carbonyl (C=O) groups excluding carboxylic acids is 1. The molecular formula is C26H26F2N2O3S. The van der Waals surface area contributed by atoms with Crippen LogP contribution in [0, 0.1) is 39.3 Å². The van der Waals surface area contributed by atoms with Gasteiger partial charge in [0.05, 0.1) is 4.90 Å². The van der Waals surface area contributed by atoms with Crippen LogP contribution in [0.3, 0.4) is 0 Å². The molecule has 3 aromatic rings. The molecule has 1 aliphatic heterocycles. The largest absolute Gasteiger partial charge is 0.325 e. The maximum absolute atomic E-state index is 14.0. The van der Waals surface area contributed by atoms with Crippen LogP contribution in [-0.4, -0.2) is 24.7 Å². The number of fused-ring (bicyclic) bond motifs is 1. The van der Waals surface area contributed by atoms with Gasteiger partial charge < -0.3 is 5.32 Å². The number of rotatable bonds is 4. The van der Waals surface area contributed by atoms with Gasteiger partial charge in [0.2, 0.25) is 15.9 Å². The van der Waals surface area contributed by atoms with Crippen LogP contribution in [-0.2, 0) is 27.8 Å². The van der Waals surface area contributed by atoms with Gasteiger partial charge in [-0.15, -0.1) is 0 Å². The normalized spacial score (nSPS) is 16.2. The molecule has 5 nitrogen and oxygen atoms in total. The molecule has 0 saturated carbocycles. The SMILES string of the molecule is Cc1cc(C)c(C)c(S(=O)(=O)N2Cc3ccccc3C[C@@H]2C(=O)Nc2ccc(F)c(F)c2)c1C. The highest BCUT2D eigenvalue weighted by molar-refractivity contribution is 7.89. The van der Waals surface area contributed by atoms with Crippen LogP contribution in [0.25, 0.3) is 0 Å². The Labute approximate surface area is 198 Å². The number of carbonyl (C=O) groups is 1. The summed E-state index contributed by atoms with van der Waals surface area (Å²) in [7, 11) is -4.07. The first-order valence-corrected chi connectivity index (χ1v) is 12.4. The molecule has 1 atom stereocenters. The molecular weight excluding hydrogens is 458 g/mol. The Morgan fingerprint density at radius 3 is 2.15 bits per heavy atom. The van der Waals surface area contributed by atoms with E-state index in [2.05, 4.69) is 5.32 Å². The van der Waals surface area contributed by atoms with Gasteiger partial charge >= 0.3 is 0 Å². The van der Waals surface area contributed by atoms with Gasteiger partial charge in [-0.2, -0.15) is 4.31 Å². The van der Waals surface area contributed by atoms with E-state index in [0.717, 1.165) is 34.4 Å². The first kappa shape index (κ1) is 24.0. The second kappa shape index (κ2) is 8.92. The summed E-state index contributed by atoms with van der Waals surface area (Å²) in [6.07, 6.45) is 0.161. The first-order chi connectivity index (χ1) is 16.0. The topological polar surface area (TPSA) is 66.5 Å². The second-order valence-electron chi connectivity index (χ2n) is 8.75. The van der Waals surface area contributed by atoms with Crippen molar-refractivity contribution in [1.82, 2.24) is 4.31 Å². The van der Waals surface area contributed by atoms with Gasteiger partial charge in [0.25, 0.3) is 0 Å². The molecule has 8 heteroatoms. The third-order valence-corrected chi connectivity index (χ3v) is 8.69. The third-order valence-electron chi connectivity index (χ3n) is 6.56. The maximum atomic E-state index is 14.0. The summed E-state index contributed by atoms with van der Waals surface area (Å²) < 4.78 is 56.3. The van der Waals surface area contributed by atoms with Crippen LogP contribution in [0.4, 0.5) is 14.5 Å². The fourth-order valence-electron chi connectivity index (χ4n) is 4.46. The van der Waals surface area contributed by atoms with Gasteiger partial charge in [0.1, 0.15) is 6.04 Å². The minimum atomic E-state index is -4.07. The first-order valence-electron chi connectivity index (χ1n) is 10.9. The Morgan fingerprint density at radius 2 is 1.53 bits per heavy atom. The summed E-state index contributed by atoms with van der Waals surface area (Å²) in [6, 6.07) is 11.3. The zero-order valence-electron chi connectivity index (χ0n) is 19.4. The van der Waals surface area contributed by atoms with Crippen molar-refractivity contribution in [2.24, 2.45) is 0 Å². The van der Waals surface area contributed by atoms with Crippen LogP contribution in [0.5, 0.6) is 0 Å². The summed E-state index contributed by atoms with van der Waals surface area (Å²) in [5.41, 5.74) is 4.72. The van der Waals surface area contributed by atoms with E-state index >= 15 is 0 Å². The van der Waals surface area contributed by atoms with E-state index in [0.29, 0.717) is 11.1 Å². The Morgan fingerprint density at radius 1 is 0.912 bits per heavy atom. The van der Waals surface area contributed by atoms with Gasteiger partial charge in [-0.05, 0) is 79.6 Å². The Balaban J connectivity index is 1.80. The van der Waals surface area contributed by atoms with Gasteiger partial charge in [-0.1, -0.05) is 30.3 Å². The molecule has 34 heavy (non-hydrogen) atoms. The van der Waals surface area contributed by atoms with E-state index in [1.165, 1.54) is 10.4 Å². The van der Waals surface area contributed by atoms with Gasteiger partial charge in [-0.25, -0.2) is 17.2 Å². The fraction of sp³-hybridized carbons (Fsp3) is 0.269. The molecule has 0 bridgehead atoms. The maximum Gasteiger partial charge on any atom is 0.244 e. The van der Waals surface area contributed by atoms with E-state index in [1.54, 1.807) is 13.8 Å². The number of sulfonamides is 1. The molecule has 1 N–H and O–H groups in total.